The molecule has 0 radical (unpaired) electrons. The van der Waals surface area contributed by atoms with Gasteiger partial charge in [0.2, 0.25) is 0 Å². The highest BCUT2D eigenvalue weighted by Gasteiger charge is 2.35. The molecule has 3 heteroatoms. The molecule has 1 aliphatic rings. The molecule has 3 nitrogen and oxygen atoms in total. The van der Waals surface area contributed by atoms with Gasteiger partial charge in [-0.1, -0.05) is 0 Å². The van der Waals surface area contributed by atoms with Crippen molar-refractivity contribution in [2.24, 2.45) is 5.92 Å². The van der Waals surface area contributed by atoms with Crippen LogP contribution in [-0.2, 0) is 4.79 Å². The predicted molar refractivity (Wildman–Crippen MR) is 50.2 cm³/mol. The van der Waals surface area contributed by atoms with Gasteiger partial charge >= 0.3 is 5.97 Å². The maximum atomic E-state index is 10.6. The maximum Gasteiger partial charge on any atom is 0.308 e. The average Bonchev–Trinajstić information content (AvgIpc) is 2.01. The van der Waals surface area contributed by atoms with E-state index in [1.54, 1.807) is 0 Å². The van der Waals surface area contributed by atoms with Crippen LogP contribution in [0.4, 0.5) is 0 Å². The van der Waals surface area contributed by atoms with Crippen molar-refractivity contribution in [1.82, 2.24) is 5.32 Å². The fourth-order valence-electron chi connectivity index (χ4n) is 1.48. The molecular formula is C10H15NO2. The Morgan fingerprint density at radius 3 is 2.85 bits per heavy atom. The van der Waals surface area contributed by atoms with Gasteiger partial charge in [-0.3, -0.25) is 4.79 Å². The van der Waals surface area contributed by atoms with Crippen LogP contribution in [0.3, 0.4) is 0 Å². The summed E-state index contributed by atoms with van der Waals surface area (Å²) >= 11 is 0. The second kappa shape index (κ2) is 4.88. The van der Waals surface area contributed by atoms with E-state index in [0.717, 1.165) is 25.8 Å². The summed E-state index contributed by atoms with van der Waals surface area (Å²) in [5.41, 5.74) is 0. The maximum absolute atomic E-state index is 10.6. The van der Waals surface area contributed by atoms with Crippen molar-refractivity contribution in [2.45, 2.75) is 32.2 Å². The minimum absolute atomic E-state index is 0.172. The average molecular weight is 181 g/mol. The van der Waals surface area contributed by atoms with Gasteiger partial charge in [-0.05, 0) is 19.8 Å². The highest BCUT2D eigenvalue weighted by molar-refractivity contribution is 5.72. The lowest BCUT2D eigenvalue weighted by atomic mass is 9.79. The van der Waals surface area contributed by atoms with Crippen LogP contribution < -0.4 is 5.32 Å². The number of nitrogens with one attached hydrogen (secondary N) is 1. The van der Waals surface area contributed by atoms with E-state index in [2.05, 4.69) is 17.2 Å². The van der Waals surface area contributed by atoms with Crippen LogP contribution in [0.5, 0.6) is 0 Å². The molecular weight excluding hydrogens is 166 g/mol. The van der Waals surface area contributed by atoms with Crippen molar-refractivity contribution in [1.29, 1.82) is 0 Å². The first kappa shape index (κ1) is 10.1. The molecule has 0 aromatic heterocycles. The van der Waals surface area contributed by atoms with E-state index in [0.29, 0.717) is 0 Å². The van der Waals surface area contributed by atoms with Crippen molar-refractivity contribution in [2.75, 3.05) is 6.54 Å². The minimum Gasteiger partial charge on any atom is -0.481 e. The monoisotopic (exact) mass is 181 g/mol. The molecule has 0 saturated heterocycles. The number of hydrogen-bond acceptors (Lipinski definition) is 2. The van der Waals surface area contributed by atoms with E-state index >= 15 is 0 Å². The number of rotatable bonds is 4. The fourth-order valence-corrected chi connectivity index (χ4v) is 1.48. The number of aliphatic carboxylic acids is 1. The van der Waals surface area contributed by atoms with E-state index in [1.807, 2.05) is 6.92 Å². The molecule has 1 saturated carbocycles. The summed E-state index contributed by atoms with van der Waals surface area (Å²) in [5.74, 6) is 4.89. The van der Waals surface area contributed by atoms with Crippen LogP contribution >= 0.6 is 0 Å². The van der Waals surface area contributed by atoms with Crippen LogP contribution in [0, 0.1) is 17.8 Å². The van der Waals surface area contributed by atoms with E-state index in [-0.39, 0.29) is 12.0 Å². The highest BCUT2D eigenvalue weighted by atomic mass is 16.4. The number of hydrogen-bond donors (Lipinski definition) is 2. The third kappa shape index (κ3) is 2.74. The minimum atomic E-state index is -0.676. The van der Waals surface area contributed by atoms with Crippen molar-refractivity contribution >= 4 is 5.97 Å². The Morgan fingerprint density at radius 1 is 1.62 bits per heavy atom. The quantitative estimate of drug-likeness (QED) is 0.499. The van der Waals surface area contributed by atoms with Gasteiger partial charge < -0.3 is 10.4 Å². The van der Waals surface area contributed by atoms with Crippen LogP contribution in [0.2, 0.25) is 0 Å². The molecule has 2 N–H and O–H groups in total. The molecule has 0 bridgehead atoms. The van der Waals surface area contributed by atoms with E-state index in [9.17, 15) is 4.79 Å². The smallest absolute Gasteiger partial charge is 0.308 e. The van der Waals surface area contributed by atoms with Gasteiger partial charge in [-0.25, -0.2) is 0 Å². The molecule has 1 aliphatic carbocycles. The summed E-state index contributed by atoms with van der Waals surface area (Å²) in [6.45, 7) is 2.61. The van der Waals surface area contributed by atoms with Gasteiger partial charge in [0.05, 0.1) is 5.92 Å². The lowest BCUT2D eigenvalue weighted by Crippen LogP contribution is -2.47. The Labute approximate surface area is 78.5 Å². The highest BCUT2D eigenvalue weighted by Crippen LogP contribution is 2.27. The first-order chi connectivity index (χ1) is 6.25. The molecule has 0 spiro atoms. The molecule has 2 atom stereocenters. The van der Waals surface area contributed by atoms with Gasteiger partial charge in [-0.15, -0.1) is 11.8 Å². The second-order valence-electron chi connectivity index (χ2n) is 3.26. The zero-order valence-corrected chi connectivity index (χ0v) is 7.84. The van der Waals surface area contributed by atoms with Crippen molar-refractivity contribution in [3.63, 3.8) is 0 Å². The van der Waals surface area contributed by atoms with Crippen LogP contribution in [0.1, 0.15) is 26.2 Å². The molecule has 0 heterocycles. The predicted octanol–water partition coefficient (Wildman–Crippen LogP) is 0.853. The molecule has 72 valence electrons. The van der Waals surface area contributed by atoms with Gasteiger partial charge in [0.25, 0.3) is 0 Å². The Kier molecular flexibility index (Phi) is 3.78. The Hall–Kier alpha value is -1.01. The normalized spacial score (nSPS) is 25.6. The SMILES string of the molecule is CC#CCCNC1CCC1C(=O)O. The van der Waals surface area contributed by atoms with E-state index in [1.165, 1.54) is 0 Å². The van der Waals surface area contributed by atoms with E-state index < -0.39 is 5.97 Å². The zero-order valence-electron chi connectivity index (χ0n) is 7.84. The van der Waals surface area contributed by atoms with Crippen molar-refractivity contribution < 1.29 is 9.90 Å². The first-order valence-corrected chi connectivity index (χ1v) is 4.61. The van der Waals surface area contributed by atoms with Gasteiger partial charge in [0, 0.05) is 19.0 Å². The molecule has 1 fully saturated rings. The summed E-state index contributed by atoms with van der Waals surface area (Å²) in [4.78, 5) is 10.6. The summed E-state index contributed by atoms with van der Waals surface area (Å²) in [5, 5.41) is 11.9. The van der Waals surface area contributed by atoms with Crippen molar-refractivity contribution in [3.8, 4) is 11.8 Å². The Bertz CT molecular complexity index is 239. The van der Waals surface area contributed by atoms with Gasteiger partial charge in [0.1, 0.15) is 0 Å². The summed E-state index contributed by atoms with van der Waals surface area (Å²) < 4.78 is 0. The van der Waals surface area contributed by atoms with Gasteiger partial charge in [-0.2, -0.15) is 0 Å². The summed E-state index contributed by atoms with van der Waals surface area (Å²) in [7, 11) is 0. The molecule has 13 heavy (non-hydrogen) atoms. The molecule has 1 rings (SSSR count). The number of carboxylic acids is 1. The fraction of sp³-hybridized carbons (Fsp3) is 0.700. The zero-order chi connectivity index (χ0) is 9.68. The van der Waals surface area contributed by atoms with Crippen LogP contribution in [0.25, 0.3) is 0 Å². The van der Waals surface area contributed by atoms with Gasteiger partial charge in [0.15, 0.2) is 0 Å². The van der Waals surface area contributed by atoms with Crippen LogP contribution in [-0.4, -0.2) is 23.7 Å². The molecule has 0 aromatic rings. The van der Waals surface area contributed by atoms with Crippen molar-refractivity contribution in [3.05, 3.63) is 0 Å². The van der Waals surface area contributed by atoms with E-state index in [4.69, 9.17) is 5.11 Å². The largest absolute Gasteiger partial charge is 0.481 e. The third-order valence-corrected chi connectivity index (χ3v) is 2.42. The Balaban J connectivity index is 2.14. The Morgan fingerprint density at radius 2 is 2.38 bits per heavy atom. The second-order valence-corrected chi connectivity index (χ2v) is 3.26. The molecule has 0 amide bonds. The molecule has 0 aliphatic heterocycles. The standard InChI is InChI=1S/C10H15NO2/c1-2-3-4-7-11-9-6-5-8(9)10(12)13/h8-9,11H,4-7H2,1H3,(H,12,13). The topological polar surface area (TPSA) is 49.3 Å². The first-order valence-electron chi connectivity index (χ1n) is 4.61. The number of carbonyl (C=O) groups is 1. The lowest BCUT2D eigenvalue weighted by molar-refractivity contribution is -0.146. The summed E-state index contributed by atoms with van der Waals surface area (Å²) in [6, 6.07) is 0.177. The summed E-state index contributed by atoms with van der Waals surface area (Å²) in [6.07, 6.45) is 2.60. The number of carboxylic acid groups (broad SMARTS) is 1. The third-order valence-electron chi connectivity index (χ3n) is 2.42. The van der Waals surface area contributed by atoms with Crippen LogP contribution in [0.15, 0.2) is 0 Å². The molecule has 0 aromatic carbocycles. The molecule has 2 unspecified atom stereocenters. The lowest BCUT2D eigenvalue weighted by Gasteiger charge is -2.33.